The average Bonchev–Trinajstić information content (AvgIpc) is 3.24. The van der Waals surface area contributed by atoms with E-state index in [1.807, 2.05) is 23.1 Å². The third-order valence-corrected chi connectivity index (χ3v) is 4.54. The molecule has 1 amide bonds. The summed E-state index contributed by atoms with van der Waals surface area (Å²) in [6, 6.07) is 15.4. The van der Waals surface area contributed by atoms with Crippen LogP contribution in [0.15, 0.2) is 54.9 Å². The Kier molecular flexibility index (Phi) is 7.07. The van der Waals surface area contributed by atoms with Gasteiger partial charge in [-0.15, -0.1) is 5.10 Å². The fraction of sp³-hybridized carbons (Fsp3) is 0.263. The lowest BCUT2D eigenvalue weighted by molar-refractivity contribution is -0.117. The lowest BCUT2D eigenvalue weighted by Crippen LogP contribution is -2.38. The largest absolute Gasteiger partial charge is 0.329 e. The van der Waals surface area contributed by atoms with Crippen molar-refractivity contribution < 1.29 is 4.79 Å². The fourth-order valence-corrected chi connectivity index (χ4v) is 2.97. The molecule has 0 radical (unpaired) electrons. The minimum absolute atomic E-state index is 0.155. The lowest BCUT2D eigenvalue weighted by Gasteiger charge is -2.21. The van der Waals surface area contributed by atoms with Crippen LogP contribution < -0.4 is 11.1 Å². The van der Waals surface area contributed by atoms with E-state index in [0.29, 0.717) is 29.5 Å². The van der Waals surface area contributed by atoms with Crippen molar-refractivity contribution in [3.8, 4) is 5.69 Å². The molecule has 3 aromatic rings. The highest BCUT2D eigenvalue weighted by Crippen LogP contribution is 2.24. The maximum Gasteiger partial charge on any atom is 0.238 e. The fourth-order valence-electron chi connectivity index (χ4n) is 2.81. The Morgan fingerprint density at radius 1 is 1.18 bits per heavy atom. The Bertz CT molecular complexity index is 887. The number of rotatable bonds is 9. The topological polar surface area (TPSA) is 102 Å². The van der Waals surface area contributed by atoms with E-state index in [-0.39, 0.29) is 12.5 Å². The van der Waals surface area contributed by atoms with Crippen molar-refractivity contribution >= 4 is 23.2 Å². The van der Waals surface area contributed by atoms with Crippen molar-refractivity contribution in [2.75, 3.05) is 31.5 Å². The van der Waals surface area contributed by atoms with Crippen molar-refractivity contribution in [1.29, 1.82) is 0 Å². The van der Waals surface area contributed by atoms with Crippen molar-refractivity contribution in [3.05, 3.63) is 65.4 Å². The van der Waals surface area contributed by atoms with Crippen molar-refractivity contribution in [3.63, 3.8) is 0 Å². The van der Waals surface area contributed by atoms with E-state index in [2.05, 4.69) is 33.0 Å². The number of halogens is 1. The summed E-state index contributed by atoms with van der Waals surface area (Å²) in [5, 5.41) is 14.4. The number of anilines is 1. The first-order chi connectivity index (χ1) is 13.7. The van der Waals surface area contributed by atoms with E-state index in [4.69, 9.17) is 17.3 Å². The zero-order valence-corrected chi connectivity index (χ0v) is 16.1. The number of nitrogens with one attached hydrogen (secondary N) is 1. The first-order valence-electron chi connectivity index (χ1n) is 8.95. The van der Waals surface area contributed by atoms with Gasteiger partial charge >= 0.3 is 0 Å². The molecule has 1 heterocycles. The first kappa shape index (κ1) is 19.9. The van der Waals surface area contributed by atoms with E-state index in [9.17, 15) is 4.79 Å². The van der Waals surface area contributed by atoms with Crippen LogP contribution in [0.25, 0.3) is 5.69 Å². The standard InChI is InChI=1S/C19H22ClN7O/c20-17-7-6-16(27-14-22-24-25-27)12-18(17)23-19(28)13-26(11-9-21)10-8-15-4-2-1-3-5-15/h1-7,12,14H,8-11,13,21H2,(H,23,28). The summed E-state index contributed by atoms with van der Waals surface area (Å²) in [7, 11) is 0. The van der Waals surface area contributed by atoms with E-state index in [1.165, 1.54) is 16.6 Å². The summed E-state index contributed by atoms with van der Waals surface area (Å²) in [5.41, 5.74) is 8.14. The van der Waals surface area contributed by atoms with Gasteiger partial charge in [0.05, 0.1) is 22.9 Å². The number of benzene rings is 2. The summed E-state index contributed by atoms with van der Waals surface area (Å²) in [6.45, 7) is 2.10. The molecule has 0 aliphatic rings. The van der Waals surface area contributed by atoms with Gasteiger partial charge in [-0.05, 0) is 40.6 Å². The monoisotopic (exact) mass is 399 g/mol. The molecule has 0 fully saturated rings. The number of amides is 1. The lowest BCUT2D eigenvalue weighted by atomic mass is 10.1. The molecule has 0 atom stereocenters. The number of aromatic nitrogens is 4. The van der Waals surface area contributed by atoms with Crippen molar-refractivity contribution in [1.82, 2.24) is 25.1 Å². The molecule has 0 aliphatic carbocycles. The van der Waals surface area contributed by atoms with Gasteiger partial charge < -0.3 is 11.1 Å². The number of nitrogens with two attached hydrogens (primary N) is 1. The molecule has 8 nitrogen and oxygen atoms in total. The van der Waals surface area contributed by atoms with E-state index >= 15 is 0 Å². The smallest absolute Gasteiger partial charge is 0.238 e. The maximum absolute atomic E-state index is 12.6. The molecular formula is C19H22ClN7O. The molecule has 0 spiro atoms. The molecule has 3 rings (SSSR count). The molecule has 0 unspecified atom stereocenters. The highest BCUT2D eigenvalue weighted by molar-refractivity contribution is 6.33. The van der Waals surface area contributed by atoms with Crippen LogP contribution in [0.1, 0.15) is 5.56 Å². The van der Waals surface area contributed by atoms with Crippen LogP contribution >= 0.6 is 11.6 Å². The van der Waals surface area contributed by atoms with Gasteiger partial charge in [0, 0.05) is 19.6 Å². The molecule has 2 aromatic carbocycles. The first-order valence-corrected chi connectivity index (χ1v) is 9.32. The second-order valence-corrected chi connectivity index (χ2v) is 6.67. The molecule has 1 aromatic heterocycles. The van der Waals surface area contributed by atoms with Gasteiger partial charge in [0.15, 0.2) is 0 Å². The Labute approximate surface area is 168 Å². The Morgan fingerprint density at radius 3 is 2.71 bits per heavy atom. The quantitative estimate of drug-likeness (QED) is 0.568. The minimum atomic E-state index is -0.155. The molecule has 0 saturated carbocycles. The maximum atomic E-state index is 12.6. The summed E-state index contributed by atoms with van der Waals surface area (Å²) in [4.78, 5) is 14.6. The Balaban J connectivity index is 1.61. The molecule has 0 aliphatic heterocycles. The third kappa shape index (κ3) is 5.59. The van der Waals surface area contributed by atoms with Crippen LogP contribution in [0.4, 0.5) is 5.69 Å². The van der Waals surface area contributed by atoms with Gasteiger partial charge in [-0.3, -0.25) is 9.69 Å². The number of carbonyl (C=O) groups is 1. The number of hydrogen-bond donors (Lipinski definition) is 2. The Morgan fingerprint density at radius 2 is 2.00 bits per heavy atom. The summed E-state index contributed by atoms with van der Waals surface area (Å²) >= 11 is 6.23. The Hall–Kier alpha value is -2.81. The van der Waals surface area contributed by atoms with Crippen LogP contribution in [-0.4, -0.2) is 57.2 Å². The van der Waals surface area contributed by atoms with Gasteiger partial charge in [0.1, 0.15) is 6.33 Å². The van der Waals surface area contributed by atoms with Crippen LogP contribution in [0.2, 0.25) is 5.02 Å². The predicted molar refractivity (Wildman–Crippen MR) is 108 cm³/mol. The highest BCUT2D eigenvalue weighted by Gasteiger charge is 2.13. The van der Waals surface area contributed by atoms with Gasteiger partial charge in [0.25, 0.3) is 0 Å². The number of hydrogen-bond acceptors (Lipinski definition) is 6. The third-order valence-electron chi connectivity index (χ3n) is 4.21. The zero-order chi connectivity index (χ0) is 19.8. The molecule has 0 saturated heterocycles. The van der Waals surface area contributed by atoms with Crippen LogP contribution in [0.3, 0.4) is 0 Å². The predicted octanol–water partition coefficient (Wildman–Crippen LogP) is 1.76. The molecular weight excluding hydrogens is 378 g/mol. The van der Waals surface area contributed by atoms with E-state index in [1.54, 1.807) is 18.2 Å². The summed E-state index contributed by atoms with van der Waals surface area (Å²) < 4.78 is 1.49. The van der Waals surface area contributed by atoms with Crippen LogP contribution in [-0.2, 0) is 11.2 Å². The molecule has 3 N–H and O–H groups in total. The molecule has 146 valence electrons. The number of tetrazole rings is 1. The normalized spacial score (nSPS) is 11.0. The van der Waals surface area contributed by atoms with E-state index in [0.717, 1.165) is 13.0 Å². The van der Waals surface area contributed by atoms with Gasteiger partial charge in [-0.2, -0.15) is 0 Å². The average molecular weight is 400 g/mol. The summed E-state index contributed by atoms with van der Waals surface area (Å²) in [6.07, 6.45) is 2.32. The highest BCUT2D eigenvalue weighted by atomic mass is 35.5. The zero-order valence-electron chi connectivity index (χ0n) is 15.3. The van der Waals surface area contributed by atoms with E-state index < -0.39 is 0 Å². The van der Waals surface area contributed by atoms with Gasteiger partial charge in [-0.1, -0.05) is 41.9 Å². The second-order valence-electron chi connectivity index (χ2n) is 6.27. The van der Waals surface area contributed by atoms with Gasteiger partial charge in [-0.25, -0.2) is 4.68 Å². The van der Waals surface area contributed by atoms with Crippen LogP contribution in [0, 0.1) is 0 Å². The minimum Gasteiger partial charge on any atom is -0.329 e. The molecule has 0 bridgehead atoms. The van der Waals surface area contributed by atoms with Gasteiger partial charge in [0.2, 0.25) is 5.91 Å². The number of carbonyl (C=O) groups excluding carboxylic acids is 1. The summed E-state index contributed by atoms with van der Waals surface area (Å²) in [5.74, 6) is -0.155. The molecule has 28 heavy (non-hydrogen) atoms. The molecule has 9 heteroatoms. The SMILES string of the molecule is NCCN(CCc1ccccc1)CC(=O)Nc1cc(-n2cnnn2)ccc1Cl. The van der Waals surface area contributed by atoms with Crippen molar-refractivity contribution in [2.45, 2.75) is 6.42 Å². The number of nitrogens with zero attached hydrogens (tertiary/aromatic N) is 5. The van der Waals surface area contributed by atoms with Crippen LogP contribution in [0.5, 0.6) is 0 Å². The van der Waals surface area contributed by atoms with Crippen molar-refractivity contribution in [2.24, 2.45) is 5.73 Å². The second kappa shape index (κ2) is 9.93.